The summed E-state index contributed by atoms with van der Waals surface area (Å²) in [4.78, 5) is 11.9. The summed E-state index contributed by atoms with van der Waals surface area (Å²) in [5.41, 5.74) is 4.60. The van der Waals surface area contributed by atoms with Crippen molar-refractivity contribution < 1.29 is 4.74 Å². The maximum atomic E-state index is 6.14. The molecule has 0 saturated heterocycles. The van der Waals surface area contributed by atoms with Crippen molar-refractivity contribution in [2.75, 3.05) is 13.7 Å². The van der Waals surface area contributed by atoms with Gasteiger partial charge in [-0.3, -0.25) is 0 Å². The van der Waals surface area contributed by atoms with E-state index in [0.717, 1.165) is 34.8 Å². The molecule has 6 heteroatoms. The maximum absolute atomic E-state index is 6.14. The van der Waals surface area contributed by atoms with Gasteiger partial charge in [-0.2, -0.15) is 0 Å². The van der Waals surface area contributed by atoms with Crippen molar-refractivity contribution in [3.8, 4) is 6.01 Å². The molecule has 1 atom stereocenters. The van der Waals surface area contributed by atoms with Crippen molar-refractivity contribution in [2.45, 2.75) is 12.5 Å². The molecule has 3 aromatic rings. The molecule has 0 saturated carbocycles. The quantitative estimate of drug-likeness (QED) is 0.763. The van der Waals surface area contributed by atoms with Gasteiger partial charge in [0.05, 0.1) is 13.2 Å². The van der Waals surface area contributed by atoms with Crippen molar-refractivity contribution >= 4 is 22.5 Å². The van der Waals surface area contributed by atoms with Gasteiger partial charge in [-0.05, 0) is 30.2 Å². The van der Waals surface area contributed by atoms with Crippen LogP contribution in [0.2, 0.25) is 5.02 Å². The highest BCUT2D eigenvalue weighted by Crippen LogP contribution is 2.34. The lowest BCUT2D eigenvalue weighted by molar-refractivity contribution is 0.378. The standard InChI is InChI=1S/C16H15ClN4O/c1-22-16-19-7-9(8-20-16)14-15-11(4-5-18-14)12-6-10(17)2-3-13(12)21-15/h2-3,6-8,14,18,21H,4-5H2,1H3. The highest BCUT2D eigenvalue weighted by atomic mass is 35.5. The zero-order valence-electron chi connectivity index (χ0n) is 12.1. The van der Waals surface area contributed by atoms with Crippen LogP contribution in [0.25, 0.3) is 10.9 Å². The highest BCUT2D eigenvalue weighted by molar-refractivity contribution is 6.31. The van der Waals surface area contributed by atoms with Crippen molar-refractivity contribution in [3.05, 3.63) is 52.4 Å². The Morgan fingerprint density at radius 2 is 2.09 bits per heavy atom. The van der Waals surface area contributed by atoms with Crippen LogP contribution in [0.1, 0.15) is 22.9 Å². The highest BCUT2D eigenvalue weighted by Gasteiger charge is 2.25. The summed E-state index contributed by atoms with van der Waals surface area (Å²) in [6.07, 6.45) is 4.58. The molecule has 0 spiro atoms. The van der Waals surface area contributed by atoms with E-state index in [-0.39, 0.29) is 6.04 Å². The number of fused-ring (bicyclic) bond motifs is 3. The van der Waals surface area contributed by atoms with E-state index < -0.39 is 0 Å². The molecule has 0 bridgehead atoms. The van der Waals surface area contributed by atoms with Gasteiger partial charge in [-0.25, -0.2) is 9.97 Å². The van der Waals surface area contributed by atoms with Gasteiger partial charge in [-0.15, -0.1) is 0 Å². The largest absolute Gasteiger partial charge is 0.467 e. The Morgan fingerprint density at radius 3 is 2.86 bits per heavy atom. The Labute approximate surface area is 132 Å². The Kier molecular flexibility index (Phi) is 3.24. The first-order valence-corrected chi connectivity index (χ1v) is 7.53. The van der Waals surface area contributed by atoms with E-state index in [1.807, 2.05) is 18.2 Å². The van der Waals surface area contributed by atoms with Crippen LogP contribution in [-0.2, 0) is 6.42 Å². The smallest absolute Gasteiger partial charge is 0.316 e. The predicted molar refractivity (Wildman–Crippen MR) is 85.4 cm³/mol. The number of H-pyrrole nitrogens is 1. The van der Waals surface area contributed by atoms with E-state index in [2.05, 4.69) is 20.3 Å². The number of hydrogen-bond donors (Lipinski definition) is 2. The van der Waals surface area contributed by atoms with E-state index in [9.17, 15) is 0 Å². The lowest BCUT2D eigenvalue weighted by Crippen LogP contribution is -2.30. The summed E-state index contributed by atoms with van der Waals surface area (Å²) >= 11 is 6.14. The number of methoxy groups -OCH3 is 1. The molecule has 1 aliphatic rings. The molecule has 112 valence electrons. The van der Waals surface area contributed by atoms with Gasteiger partial charge in [0.25, 0.3) is 0 Å². The number of aromatic amines is 1. The summed E-state index contributed by atoms with van der Waals surface area (Å²) in [6.45, 7) is 0.906. The number of nitrogens with one attached hydrogen (secondary N) is 2. The molecule has 5 nitrogen and oxygen atoms in total. The van der Waals surface area contributed by atoms with E-state index >= 15 is 0 Å². The number of aromatic nitrogens is 3. The minimum absolute atomic E-state index is 0.0563. The number of rotatable bonds is 2. The number of ether oxygens (including phenoxy) is 1. The molecule has 0 amide bonds. The lowest BCUT2D eigenvalue weighted by atomic mass is 9.96. The monoisotopic (exact) mass is 314 g/mol. The molecule has 2 N–H and O–H groups in total. The fourth-order valence-corrected chi connectivity index (χ4v) is 3.24. The third-order valence-corrected chi connectivity index (χ3v) is 4.31. The minimum atomic E-state index is 0.0563. The second kappa shape index (κ2) is 5.26. The third kappa shape index (κ3) is 2.14. The molecule has 4 rings (SSSR count). The molecule has 3 heterocycles. The van der Waals surface area contributed by atoms with Gasteiger partial charge in [0.15, 0.2) is 0 Å². The Morgan fingerprint density at radius 1 is 1.27 bits per heavy atom. The summed E-state index contributed by atoms with van der Waals surface area (Å²) in [5.74, 6) is 0. The molecular formula is C16H15ClN4O. The van der Waals surface area contributed by atoms with Crippen molar-refractivity contribution in [1.82, 2.24) is 20.3 Å². The maximum Gasteiger partial charge on any atom is 0.316 e. The first-order chi connectivity index (χ1) is 10.8. The van der Waals surface area contributed by atoms with Crippen LogP contribution in [0, 0.1) is 0 Å². The fourth-order valence-electron chi connectivity index (χ4n) is 3.07. The van der Waals surface area contributed by atoms with E-state index in [1.165, 1.54) is 10.9 Å². The molecule has 0 radical (unpaired) electrons. The molecule has 1 aromatic carbocycles. The second-order valence-corrected chi connectivity index (χ2v) is 5.78. The first-order valence-electron chi connectivity index (χ1n) is 7.15. The van der Waals surface area contributed by atoms with E-state index in [0.29, 0.717) is 6.01 Å². The van der Waals surface area contributed by atoms with Gasteiger partial charge in [0.1, 0.15) is 0 Å². The van der Waals surface area contributed by atoms with Crippen LogP contribution in [0.5, 0.6) is 6.01 Å². The third-order valence-electron chi connectivity index (χ3n) is 4.08. The molecule has 0 aliphatic carbocycles. The Balaban J connectivity index is 1.82. The minimum Gasteiger partial charge on any atom is -0.467 e. The Bertz CT molecular complexity index is 828. The average Bonchev–Trinajstić information content (AvgIpc) is 2.93. The molecule has 0 fully saturated rings. The summed E-state index contributed by atoms with van der Waals surface area (Å²) in [7, 11) is 1.56. The van der Waals surface area contributed by atoms with Gasteiger partial charge >= 0.3 is 6.01 Å². The van der Waals surface area contributed by atoms with Crippen molar-refractivity contribution in [2.24, 2.45) is 0 Å². The topological polar surface area (TPSA) is 62.8 Å². The predicted octanol–water partition coefficient (Wildman–Crippen LogP) is 2.86. The number of nitrogens with zero attached hydrogens (tertiary/aromatic N) is 2. The number of halogens is 1. The van der Waals surface area contributed by atoms with Gasteiger partial charge in [0, 0.05) is 46.1 Å². The second-order valence-electron chi connectivity index (χ2n) is 5.35. The van der Waals surface area contributed by atoms with Crippen LogP contribution >= 0.6 is 11.6 Å². The average molecular weight is 315 g/mol. The fraction of sp³-hybridized carbons (Fsp3) is 0.250. The van der Waals surface area contributed by atoms with E-state index in [4.69, 9.17) is 16.3 Å². The van der Waals surface area contributed by atoms with Crippen LogP contribution in [0.15, 0.2) is 30.6 Å². The zero-order valence-corrected chi connectivity index (χ0v) is 12.8. The lowest BCUT2D eigenvalue weighted by Gasteiger charge is -2.24. The van der Waals surface area contributed by atoms with Crippen LogP contribution < -0.4 is 10.1 Å². The Hall–Kier alpha value is -2.11. The first kappa shape index (κ1) is 13.5. The molecule has 1 aliphatic heterocycles. The van der Waals surface area contributed by atoms with Gasteiger partial charge in [-0.1, -0.05) is 11.6 Å². The van der Waals surface area contributed by atoms with Crippen LogP contribution in [-0.4, -0.2) is 28.6 Å². The van der Waals surface area contributed by atoms with Gasteiger partial charge in [0.2, 0.25) is 0 Å². The normalized spacial score (nSPS) is 17.5. The SMILES string of the molecule is COc1ncc(C2NCCc3c2[nH]c2ccc(Cl)cc32)cn1. The molecule has 22 heavy (non-hydrogen) atoms. The van der Waals surface area contributed by atoms with Crippen molar-refractivity contribution in [1.29, 1.82) is 0 Å². The number of hydrogen-bond acceptors (Lipinski definition) is 4. The van der Waals surface area contributed by atoms with Gasteiger partial charge < -0.3 is 15.0 Å². The summed E-state index contributed by atoms with van der Waals surface area (Å²) < 4.78 is 5.02. The molecule has 2 aromatic heterocycles. The van der Waals surface area contributed by atoms with Crippen LogP contribution in [0.4, 0.5) is 0 Å². The molecule has 1 unspecified atom stereocenters. The number of benzene rings is 1. The summed E-state index contributed by atoms with van der Waals surface area (Å²) in [6, 6.07) is 6.39. The van der Waals surface area contributed by atoms with E-state index in [1.54, 1.807) is 19.5 Å². The summed E-state index contributed by atoms with van der Waals surface area (Å²) in [5, 5.41) is 5.48. The zero-order chi connectivity index (χ0) is 15.1. The molecular weight excluding hydrogens is 300 g/mol. The van der Waals surface area contributed by atoms with Crippen LogP contribution in [0.3, 0.4) is 0 Å². The van der Waals surface area contributed by atoms with Crippen molar-refractivity contribution in [3.63, 3.8) is 0 Å².